The average molecular weight is 477 g/mol. The smallest absolute Gasteiger partial charge is 0.277 e. The molecule has 1 unspecified atom stereocenters. The van der Waals surface area contributed by atoms with Gasteiger partial charge in [-0.2, -0.15) is 5.26 Å². The highest BCUT2D eigenvalue weighted by Gasteiger charge is 2.39. The number of carbonyl (C=O) groups is 2. The van der Waals surface area contributed by atoms with Crippen LogP contribution in [0.5, 0.6) is 0 Å². The molecule has 7 nitrogen and oxygen atoms in total. The van der Waals surface area contributed by atoms with Crippen LogP contribution < -0.4 is 10.6 Å². The SMILES string of the molecule is N#CNC(=O)C(Cc1ccccc1)N1C(=O)C(=Cc2ccc(-c3cccc(Cl)c3)o2)NC1=S. The maximum absolute atomic E-state index is 13.2. The maximum Gasteiger partial charge on any atom is 0.277 e. The molecule has 33 heavy (non-hydrogen) atoms. The highest BCUT2D eigenvalue weighted by Crippen LogP contribution is 2.27. The number of halogens is 1. The summed E-state index contributed by atoms with van der Waals surface area (Å²) in [6, 6.07) is 18.9. The second kappa shape index (κ2) is 9.69. The zero-order valence-electron chi connectivity index (χ0n) is 17.1. The van der Waals surface area contributed by atoms with Crippen molar-refractivity contribution in [2.24, 2.45) is 0 Å². The molecule has 164 valence electrons. The standard InChI is InChI=1S/C24H17ClN4O3S/c25-17-8-4-7-16(12-17)21-10-9-18(32-21)13-19-23(31)29(24(33)28-19)20(22(30)27-14-26)11-15-5-2-1-3-6-15/h1-10,12-13,20H,11H2,(H,27,30)(H,28,33). The van der Waals surface area contributed by atoms with Gasteiger partial charge in [0.2, 0.25) is 0 Å². The van der Waals surface area contributed by atoms with Gasteiger partial charge in [-0.3, -0.25) is 19.8 Å². The van der Waals surface area contributed by atoms with Crippen molar-refractivity contribution in [1.29, 1.82) is 5.26 Å². The summed E-state index contributed by atoms with van der Waals surface area (Å²) >= 11 is 11.4. The van der Waals surface area contributed by atoms with Crippen LogP contribution in [0.15, 0.2) is 76.8 Å². The molecule has 0 spiro atoms. The van der Waals surface area contributed by atoms with Gasteiger partial charge in [0.1, 0.15) is 23.3 Å². The van der Waals surface area contributed by atoms with E-state index in [1.165, 1.54) is 11.0 Å². The van der Waals surface area contributed by atoms with Crippen LogP contribution in [0.4, 0.5) is 0 Å². The van der Waals surface area contributed by atoms with Gasteiger partial charge in [0.25, 0.3) is 11.8 Å². The maximum atomic E-state index is 13.2. The highest BCUT2D eigenvalue weighted by atomic mass is 35.5. The Labute approximate surface area is 200 Å². The van der Waals surface area contributed by atoms with Gasteiger partial charge in [0, 0.05) is 23.1 Å². The van der Waals surface area contributed by atoms with E-state index in [4.69, 9.17) is 33.5 Å². The predicted molar refractivity (Wildman–Crippen MR) is 127 cm³/mol. The first-order chi connectivity index (χ1) is 16.0. The van der Waals surface area contributed by atoms with Gasteiger partial charge in [0.15, 0.2) is 11.3 Å². The lowest BCUT2D eigenvalue weighted by Gasteiger charge is -2.24. The van der Waals surface area contributed by atoms with Gasteiger partial charge < -0.3 is 9.73 Å². The summed E-state index contributed by atoms with van der Waals surface area (Å²) in [6.45, 7) is 0. The van der Waals surface area contributed by atoms with Crippen LogP contribution in [0.2, 0.25) is 5.02 Å². The zero-order valence-corrected chi connectivity index (χ0v) is 18.7. The molecule has 0 aliphatic carbocycles. The fourth-order valence-electron chi connectivity index (χ4n) is 3.48. The summed E-state index contributed by atoms with van der Waals surface area (Å²) in [5, 5.41) is 14.5. The topological polar surface area (TPSA) is 98.4 Å². The molecule has 4 rings (SSSR count). The fraction of sp³-hybridized carbons (Fsp3) is 0.0833. The van der Waals surface area contributed by atoms with Crippen LogP contribution in [0, 0.1) is 11.5 Å². The lowest BCUT2D eigenvalue weighted by molar-refractivity contribution is -0.132. The third kappa shape index (κ3) is 4.95. The average Bonchev–Trinajstić information content (AvgIpc) is 3.38. The van der Waals surface area contributed by atoms with Gasteiger partial charge in [-0.15, -0.1) is 0 Å². The second-order valence-electron chi connectivity index (χ2n) is 7.18. The van der Waals surface area contributed by atoms with Gasteiger partial charge in [-0.05, 0) is 42.0 Å². The van der Waals surface area contributed by atoms with Crippen LogP contribution in [0.3, 0.4) is 0 Å². The Morgan fingerprint density at radius 3 is 2.73 bits per heavy atom. The van der Waals surface area contributed by atoms with Gasteiger partial charge in [-0.1, -0.05) is 54.1 Å². The van der Waals surface area contributed by atoms with Crippen molar-refractivity contribution < 1.29 is 14.0 Å². The molecule has 2 aromatic carbocycles. The predicted octanol–water partition coefficient (Wildman–Crippen LogP) is 3.87. The molecule has 2 amide bonds. The van der Waals surface area contributed by atoms with E-state index in [0.717, 1.165) is 11.1 Å². The number of amides is 2. The minimum absolute atomic E-state index is 0.0712. The summed E-state index contributed by atoms with van der Waals surface area (Å²) in [5.41, 5.74) is 1.78. The van der Waals surface area contributed by atoms with E-state index in [-0.39, 0.29) is 17.2 Å². The molecule has 3 aromatic rings. The minimum Gasteiger partial charge on any atom is -0.457 e. The Hall–Kier alpha value is -3.93. The van der Waals surface area contributed by atoms with Crippen molar-refractivity contribution in [1.82, 2.24) is 15.5 Å². The normalized spacial score (nSPS) is 15.3. The molecule has 0 radical (unpaired) electrons. The molecule has 1 atom stereocenters. The van der Waals surface area contributed by atoms with Crippen molar-refractivity contribution in [3.05, 3.63) is 88.8 Å². The number of nitriles is 1. The Balaban J connectivity index is 1.60. The monoisotopic (exact) mass is 476 g/mol. The second-order valence-corrected chi connectivity index (χ2v) is 8.01. The van der Waals surface area contributed by atoms with Gasteiger partial charge in [0.05, 0.1) is 0 Å². The zero-order chi connectivity index (χ0) is 23.4. The van der Waals surface area contributed by atoms with E-state index in [1.807, 2.05) is 42.5 Å². The number of nitrogens with zero attached hydrogens (tertiary/aromatic N) is 2. The summed E-state index contributed by atoms with van der Waals surface area (Å²) in [4.78, 5) is 27.0. The number of furan rings is 1. The number of rotatable bonds is 6. The molecule has 0 saturated carbocycles. The minimum atomic E-state index is -0.996. The van der Waals surface area contributed by atoms with Crippen LogP contribution >= 0.6 is 23.8 Å². The van der Waals surface area contributed by atoms with Crippen molar-refractivity contribution in [2.45, 2.75) is 12.5 Å². The third-order valence-corrected chi connectivity index (χ3v) is 5.53. The molecular formula is C24H17ClN4O3S. The summed E-state index contributed by atoms with van der Waals surface area (Å²) in [7, 11) is 0. The Morgan fingerprint density at radius 1 is 1.21 bits per heavy atom. The lowest BCUT2D eigenvalue weighted by Crippen LogP contribution is -2.50. The van der Waals surface area contributed by atoms with Crippen molar-refractivity contribution in [2.75, 3.05) is 0 Å². The largest absolute Gasteiger partial charge is 0.457 e. The van der Waals surface area contributed by atoms with Crippen molar-refractivity contribution in [3.63, 3.8) is 0 Å². The van der Waals surface area contributed by atoms with Crippen LogP contribution in [-0.4, -0.2) is 27.9 Å². The van der Waals surface area contributed by atoms with Crippen molar-refractivity contribution >= 4 is 46.8 Å². The Bertz CT molecular complexity index is 1300. The van der Waals surface area contributed by atoms with Gasteiger partial charge in [-0.25, -0.2) is 0 Å². The fourth-order valence-corrected chi connectivity index (χ4v) is 3.99. The molecule has 9 heteroatoms. The first-order valence-corrected chi connectivity index (χ1v) is 10.7. The molecule has 1 aliphatic heterocycles. The van der Waals surface area contributed by atoms with E-state index in [0.29, 0.717) is 16.5 Å². The number of hydrogen-bond donors (Lipinski definition) is 2. The first kappa shape index (κ1) is 22.3. The number of thiocarbonyl (C=S) groups is 1. The van der Waals surface area contributed by atoms with Crippen molar-refractivity contribution in [3.8, 4) is 17.5 Å². The Kier molecular flexibility index (Phi) is 6.54. The van der Waals surface area contributed by atoms with E-state index in [2.05, 4.69) is 10.6 Å². The molecule has 1 aromatic heterocycles. The molecule has 1 fully saturated rings. The molecular weight excluding hydrogens is 460 g/mol. The van der Waals surface area contributed by atoms with E-state index >= 15 is 0 Å². The lowest BCUT2D eigenvalue weighted by atomic mass is 10.0. The summed E-state index contributed by atoms with van der Waals surface area (Å²) < 4.78 is 5.84. The molecule has 0 bridgehead atoms. The quantitative estimate of drug-likeness (QED) is 0.242. The molecule has 2 N–H and O–H groups in total. The van der Waals surface area contributed by atoms with E-state index < -0.39 is 17.9 Å². The number of hydrogen-bond acceptors (Lipinski definition) is 5. The molecule has 1 aliphatic rings. The molecule has 1 saturated heterocycles. The number of benzene rings is 2. The first-order valence-electron chi connectivity index (χ1n) is 9.91. The third-order valence-electron chi connectivity index (χ3n) is 5.00. The Morgan fingerprint density at radius 2 is 2.00 bits per heavy atom. The number of nitrogens with one attached hydrogen (secondary N) is 2. The summed E-state index contributed by atoms with van der Waals surface area (Å²) in [5.74, 6) is -0.104. The molecule has 2 heterocycles. The van der Waals surface area contributed by atoms with E-state index in [1.54, 1.807) is 30.5 Å². The van der Waals surface area contributed by atoms with Gasteiger partial charge >= 0.3 is 0 Å². The summed E-state index contributed by atoms with van der Waals surface area (Å²) in [6.07, 6.45) is 3.33. The van der Waals surface area contributed by atoms with E-state index in [9.17, 15) is 9.59 Å². The highest BCUT2D eigenvalue weighted by molar-refractivity contribution is 7.80. The number of carbonyl (C=O) groups excluding carboxylic acids is 2. The van der Waals surface area contributed by atoms with Crippen LogP contribution in [0.1, 0.15) is 11.3 Å². The van der Waals surface area contributed by atoms with Crippen LogP contribution in [0.25, 0.3) is 17.4 Å². The van der Waals surface area contributed by atoms with Crippen LogP contribution in [-0.2, 0) is 16.0 Å².